The molecule has 6 heteroatoms. The van der Waals surface area contributed by atoms with E-state index in [-0.39, 0.29) is 11.9 Å². The van der Waals surface area contributed by atoms with Gasteiger partial charge in [-0.15, -0.1) is 0 Å². The molecule has 5 nitrogen and oxygen atoms in total. The number of amides is 2. The minimum Gasteiger partial charge on any atom is -0.453 e. The van der Waals surface area contributed by atoms with E-state index in [0.29, 0.717) is 5.02 Å². The molecule has 0 aromatic heterocycles. The number of methoxy groups -OCH3 is 1. The number of rotatable bonds is 4. The maximum absolute atomic E-state index is 11.7. The number of alkyl carbamates (subject to hydrolysis) is 1. The third-order valence-corrected chi connectivity index (χ3v) is 3.01. The molecule has 0 fully saturated rings. The first kappa shape index (κ1) is 15.5. The Bertz CT molecular complexity index is 465. The zero-order chi connectivity index (χ0) is 14.4. The molecule has 0 aliphatic carbocycles. The minimum absolute atomic E-state index is 0.0529. The quantitative estimate of drug-likeness (QED) is 0.874. The number of halogens is 1. The van der Waals surface area contributed by atoms with Crippen LogP contribution in [0.25, 0.3) is 0 Å². The van der Waals surface area contributed by atoms with Gasteiger partial charge in [-0.05, 0) is 26.0 Å². The fourth-order valence-electron chi connectivity index (χ4n) is 1.69. The third-order valence-electron chi connectivity index (χ3n) is 2.78. The van der Waals surface area contributed by atoms with E-state index in [1.807, 2.05) is 30.4 Å². The fourth-order valence-corrected chi connectivity index (χ4v) is 1.89. The number of carbonyl (C=O) groups excluding carboxylic acids is 2. The monoisotopic (exact) mass is 285 g/mol. The summed E-state index contributed by atoms with van der Waals surface area (Å²) in [6, 6.07) is 7.10. The Hall–Kier alpha value is -1.59. The van der Waals surface area contributed by atoms with Gasteiger partial charge in [0.2, 0.25) is 0 Å². The van der Waals surface area contributed by atoms with E-state index in [1.54, 1.807) is 13.0 Å². The van der Waals surface area contributed by atoms with Crippen LogP contribution in [0.3, 0.4) is 0 Å². The predicted molar refractivity (Wildman–Crippen MR) is 71.8 cm³/mol. The number of nitrogens with one attached hydrogen (secondary N) is 1. The van der Waals surface area contributed by atoms with Gasteiger partial charge in [-0.25, -0.2) is 4.79 Å². The highest BCUT2D eigenvalue weighted by molar-refractivity contribution is 6.30. The van der Waals surface area contributed by atoms with E-state index in [4.69, 9.17) is 11.6 Å². The van der Waals surface area contributed by atoms with E-state index < -0.39 is 12.1 Å². The zero-order valence-electron chi connectivity index (χ0n) is 11.1. The van der Waals surface area contributed by atoms with Gasteiger partial charge >= 0.3 is 6.09 Å². The first-order valence-electron chi connectivity index (χ1n) is 5.93. The number of benzene rings is 1. The van der Waals surface area contributed by atoms with E-state index in [9.17, 15) is 9.59 Å². The lowest BCUT2D eigenvalue weighted by Gasteiger charge is -2.16. The first-order chi connectivity index (χ1) is 8.93. The lowest BCUT2D eigenvalue weighted by Crippen LogP contribution is -2.92. The van der Waals surface area contributed by atoms with Crippen molar-refractivity contribution in [3.63, 3.8) is 0 Å². The van der Waals surface area contributed by atoms with Gasteiger partial charge < -0.3 is 10.1 Å². The van der Waals surface area contributed by atoms with Crippen molar-refractivity contribution >= 4 is 23.6 Å². The number of ether oxygens (including phenoxy) is 1. The van der Waals surface area contributed by atoms with Crippen molar-refractivity contribution < 1.29 is 19.6 Å². The summed E-state index contributed by atoms with van der Waals surface area (Å²) in [4.78, 5) is 22.6. The van der Waals surface area contributed by atoms with Crippen LogP contribution in [0.2, 0.25) is 5.02 Å². The van der Waals surface area contributed by atoms with Gasteiger partial charge in [0, 0.05) is 10.6 Å². The molecule has 2 amide bonds. The Balaban J connectivity index is 2.58. The molecule has 3 N–H and O–H groups in total. The van der Waals surface area contributed by atoms with Crippen LogP contribution < -0.4 is 10.6 Å². The Morgan fingerprint density at radius 3 is 2.63 bits per heavy atom. The lowest BCUT2D eigenvalue weighted by molar-refractivity contribution is -0.710. The Morgan fingerprint density at radius 2 is 2.05 bits per heavy atom. The number of hydrogen-bond donors (Lipinski definition) is 2. The molecule has 0 aliphatic rings. The number of carbonyl (C=O) groups is 2. The van der Waals surface area contributed by atoms with Crippen molar-refractivity contribution in [3.05, 3.63) is 34.9 Å². The van der Waals surface area contributed by atoms with Crippen molar-refractivity contribution in [2.75, 3.05) is 7.11 Å². The van der Waals surface area contributed by atoms with Crippen molar-refractivity contribution in [1.82, 2.24) is 5.32 Å². The number of nitrogens with two attached hydrogens (primary N) is 1. The molecule has 0 heterocycles. The summed E-state index contributed by atoms with van der Waals surface area (Å²) in [5.74, 6) is -0.388. The topological polar surface area (TPSA) is 72.0 Å². The van der Waals surface area contributed by atoms with Crippen LogP contribution >= 0.6 is 11.6 Å². The Morgan fingerprint density at radius 1 is 1.37 bits per heavy atom. The summed E-state index contributed by atoms with van der Waals surface area (Å²) in [7, 11) is 1.21. The van der Waals surface area contributed by atoms with Gasteiger partial charge in [-0.1, -0.05) is 23.7 Å². The number of quaternary nitrogens is 1. The summed E-state index contributed by atoms with van der Waals surface area (Å²) < 4.78 is 4.37. The molecule has 19 heavy (non-hydrogen) atoms. The number of hydrogen-bond acceptors (Lipinski definition) is 3. The van der Waals surface area contributed by atoms with E-state index in [0.717, 1.165) is 5.56 Å². The molecule has 0 unspecified atom stereocenters. The SMILES string of the molecule is COC(=O)NC(=O)[C@H](C)[NH2+][C@@H](C)c1cccc(Cl)c1. The predicted octanol–water partition coefficient (Wildman–Crippen LogP) is 1.24. The molecule has 0 radical (unpaired) electrons. The fraction of sp³-hybridized carbons (Fsp3) is 0.385. The normalized spacial score (nSPS) is 13.5. The molecular weight excluding hydrogens is 268 g/mol. The molecule has 1 aromatic rings. The van der Waals surface area contributed by atoms with Gasteiger partial charge in [-0.2, -0.15) is 0 Å². The Kier molecular flexibility index (Phi) is 5.79. The van der Waals surface area contributed by atoms with E-state index >= 15 is 0 Å². The molecule has 0 saturated carbocycles. The van der Waals surface area contributed by atoms with Crippen LogP contribution in [0.15, 0.2) is 24.3 Å². The van der Waals surface area contributed by atoms with E-state index in [1.165, 1.54) is 7.11 Å². The van der Waals surface area contributed by atoms with Crippen LogP contribution in [-0.4, -0.2) is 25.2 Å². The van der Waals surface area contributed by atoms with Gasteiger partial charge in [-0.3, -0.25) is 10.1 Å². The van der Waals surface area contributed by atoms with Crippen molar-refractivity contribution in [1.29, 1.82) is 0 Å². The van der Waals surface area contributed by atoms with Gasteiger partial charge in [0.25, 0.3) is 5.91 Å². The minimum atomic E-state index is -0.749. The molecule has 1 aromatic carbocycles. The largest absolute Gasteiger partial charge is 0.453 e. The number of imide groups is 1. The molecular formula is C13H18ClN2O3+. The van der Waals surface area contributed by atoms with Crippen LogP contribution in [0, 0.1) is 0 Å². The third kappa shape index (κ3) is 4.89. The van der Waals surface area contributed by atoms with Crippen molar-refractivity contribution in [2.45, 2.75) is 25.9 Å². The molecule has 0 aliphatic heterocycles. The highest BCUT2D eigenvalue weighted by Crippen LogP contribution is 2.14. The van der Waals surface area contributed by atoms with Crippen LogP contribution in [-0.2, 0) is 9.53 Å². The molecule has 1 rings (SSSR count). The summed E-state index contributed by atoms with van der Waals surface area (Å²) >= 11 is 5.92. The summed E-state index contributed by atoms with van der Waals surface area (Å²) in [6.45, 7) is 3.69. The summed E-state index contributed by atoms with van der Waals surface area (Å²) in [5.41, 5.74) is 1.02. The lowest BCUT2D eigenvalue weighted by atomic mass is 10.1. The van der Waals surface area contributed by atoms with Crippen LogP contribution in [0.4, 0.5) is 4.79 Å². The molecule has 0 bridgehead atoms. The Labute approximate surface area is 117 Å². The first-order valence-corrected chi connectivity index (χ1v) is 6.31. The van der Waals surface area contributed by atoms with Gasteiger partial charge in [0.15, 0.2) is 6.04 Å². The molecule has 2 atom stereocenters. The standard InChI is InChI=1S/C13H17ClN2O3/c1-8(10-5-4-6-11(14)7-10)15-9(2)12(17)16-13(18)19-3/h4-9,15H,1-3H3,(H,16,17,18)/p+1/t8-,9-/m0/s1. The summed E-state index contributed by atoms with van der Waals surface area (Å²) in [6.07, 6.45) is -0.749. The van der Waals surface area contributed by atoms with Crippen LogP contribution in [0.1, 0.15) is 25.5 Å². The second-order valence-corrected chi connectivity index (χ2v) is 4.74. The maximum atomic E-state index is 11.7. The highest BCUT2D eigenvalue weighted by atomic mass is 35.5. The summed E-state index contributed by atoms with van der Waals surface area (Å²) in [5, 5.41) is 4.65. The average Bonchev–Trinajstić information content (AvgIpc) is 2.38. The smallest absolute Gasteiger partial charge is 0.413 e. The second kappa shape index (κ2) is 7.11. The van der Waals surface area contributed by atoms with E-state index in [2.05, 4.69) is 10.1 Å². The van der Waals surface area contributed by atoms with Crippen molar-refractivity contribution in [2.24, 2.45) is 0 Å². The molecule has 0 spiro atoms. The highest BCUT2D eigenvalue weighted by Gasteiger charge is 2.22. The average molecular weight is 286 g/mol. The zero-order valence-corrected chi connectivity index (χ0v) is 11.9. The molecule has 0 saturated heterocycles. The maximum Gasteiger partial charge on any atom is 0.413 e. The second-order valence-electron chi connectivity index (χ2n) is 4.31. The van der Waals surface area contributed by atoms with Gasteiger partial charge in [0.05, 0.1) is 7.11 Å². The molecule has 104 valence electrons. The van der Waals surface area contributed by atoms with Gasteiger partial charge in [0.1, 0.15) is 6.04 Å². The van der Waals surface area contributed by atoms with Crippen LogP contribution in [0.5, 0.6) is 0 Å². The van der Waals surface area contributed by atoms with Crippen molar-refractivity contribution in [3.8, 4) is 0 Å².